The number of anilines is 1. The van der Waals surface area contributed by atoms with Gasteiger partial charge in [0.25, 0.3) is 11.8 Å². The second kappa shape index (κ2) is 21.7. The molecule has 0 unspecified atom stereocenters. The predicted molar refractivity (Wildman–Crippen MR) is 279 cm³/mol. The first-order valence-corrected chi connectivity index (χ1v) is 25.8. The first-order chi connectivity index (χ1) is 35.8. The first-order valence-electron chi connectivity index (χ1n) is 25.8. The number of amides is 3. The molecule has 2 saturated heterocycles. The van der Waals surface area contributed by atoms with E-state index in [-0.39, 0.29) is 42.1 Å². The normalized spacial score (nSPS) is 17.1. The third-order valence-corrected chi connectivity index (χ3v) is 15.8. The van der Waals surface area contributed by atoms with Crippen LogP contribution in [0.5, 0.6) is 11.5 Å². The molecule has 0 radical (unpaired) electrons. The van der Waals surface area contributed by atoms with Crippen LogP contribution >= 0.6 is 0 Å². The van der Waals surface area contributed by atoms with Gasteiger partial charge in [-0.15, -0.1) is 0 Å². The zero-order valence-corrected chi connectivity index (χ0v) is 42.7. The number of carbonyl (C=O) groups excluding carboxylic acids is 3. The molecule has 0 aliphatic carbocycles. The summed E-state index contributed by atoms with van der Waals surface area (Å²) in [4.78, 5) is 51.1. The monoisotopic (exact) mass is 1000 g/mol. The number of phenols is 1. The Labute approximate surface area is 431 Å². The van der Waals surface area contributed by atoms with Crippen molar-refractivity contribution in [1.82, 2.24) is 23.8 Å². The second-order valence-corrected chi connectivity index (χ2v) is 20.3. The number of halogens is 1. The van der Waals surface area contributed by atoms with E-state index in [2.05, 4.69) is 34.5 Å². The molecular formula is C59H64FN7O7. The minimum atomic E-state index is -0.494. The van der Waals surface area contributed by atoms with E-state index in [1.54, 1.807) is 39.8 Å². The molecule has 15 heteroatoms. The third-order valence-electron chi connectivity index (χ3n) is 15.8. The molecule has 0 spiro atoms. The number of aromatic nitrogens is 2. The standard InChI is InChI=1S/C59H64FN7O7/c1-37-50(31-46(33-61)63(37)3)56-55(58(70)62-45-10-12-48(68)13-11-45)38(2)64(4)57(56)51-28-41-15-19-66(54(69)30-42-9-14-49(32-53(42)60)74-24-18-39-16-22-72-23-17-39)34-44(41)29-52(51)59(71)67-35-43-8-6-5-7-40(43)27-47(67)36-65-20-25-73-26-21-65/h5-14,28-29,31-32,39,47,68H,15-27,30,34-36H2,1-4H3,(H,62,70)/t47-/m0/s1. The number of aromatic hydroxyl groups is 1. The molecule has 1 atom stereocenters. The maximum Gasteiger partial charge on any atom is 0.258 e. The summed E-state index contributed by atoms with van der Waals surface area (Å²) >= 11 is 0. The Hall–Kier alpha value is -7.25. The Morgan fingerprint density at radius 2 is 1.57 bits per heavy atom. The van der Waals surface area contributed by atoms with Crippen molar-refractivity contribution in [2.75, 3.05) is 64.5 Å². The fourth-order valence-electron chi connectivity index (χ4n) is 11.3. The van der Waals surface area contributed by atoms with E-state index in [0.29, 0.717) is 115 Å². The summed E-state index contributed by atoms with van der Waals surface area (Å²) in [5.41, 5.74) is 9.91. The highest BCUT2D eigenvalue weighted by atomic mass is 19.1. The van der Waals surface area contributed by atoms with Crippen molar-refractivity contribution in [3.05, 3.63) is 147 Å². The number of ether oxygens (including phenoxy) is 3. The van der Waals surface area contributed by atoms with Crippen LogP contribution in [-0.2, 0) is 60.7 Å². The lowest BCUT2D eigenvalue weighted by molar-refractivity contribution is -0.131. The number of fused-ring (bicyclic) bond motifs is 2. The smallest absolute Gasteiger partial charge is 0.258 e. The quantitative estimate of drug-likeness (QED) is 0.108. The molecule has 2 fully saturated rings. The van der Waals surface area contributed by atoms with Gasteiger partial charge in [-0.2, -0.15) is 5.26 Å². The molecule has 2 aromatic heterocycles. The minimum Gasteiger partial charge on any atom is -0.508 e. The maximum absolute atomic E-state index is 16.0. The Balaban J connectivity index is 1.04. The van der Waals surface area contributed by atoms with E-state index in [0.717, 1.165) is 68.0 Å². The highest BCUT2D eigenvalue weighted by Crippen LogP contribution is 2.44. The largest absolute Gasteiger partial charge is 0.508 e. The summed E-state index contributed by atoms with van der Waals surface area (Å²) in [6, 6.07) is 27.2. The van der Waals surface area contributed by atoms with Gasteiger partial charge in [0.2, 0.25) is 5.91 Å². The average molecular weight is 1000 g/mol. The Bertz CT molecular complexity index is 3140. The van der Waals surface area contributed by atoms with Crippen molar-refractivity contribution in [1.29, 1.82) is 5.26 Å². The molecule has 6 aromatic rings. The van der Waals surface area contributed by atoms with Gasteiger partial charge in [0.15, 0.2) is 0 Å². The van der Waals surface area contributed by atoms with Crippen LogP contribution in [0.3, 0.4) is 0 Å². The molecule has 4 aliphatic rings. The van der Waals surface area contributed by atoms with Gasteiger partial charge in [0.1, 0.15) is 29.1 Å². The fourth-order valence-corrected chi connectivity index (χ4v) is 11.3. The van der Waals surface area contributed by atoms with Gasteiger partial charge in [0, 0.05) is 118 Å². The summed E-state index contributed by atoms with van der Waals surface area (Å²) in [7, 11) is 3.72. The molecule has 0 bridgehead atoms. The summed E-state index contributed by atoms with van der Waals surface area (Å²) < 4.78 is 36.6. The minimum absolute atomic E-state index is 0.0637. The van der Waals surface area contributed by atoms with Crippen LogP contribution in [0.2, 0.25) is 0 Å². The Kier molecular flexibility index (Phi) is 14.7. The summed E-state index contributed by atoms with van der Waals surface area (Å²) in [6.07, 6.45) is 3.87. The third kappa shape index (κ3) is 10.3. The van der Waals surface area contributed by atoms with Crippen LogP contribution in [0.25, 0.3) is 22.4 Å². The van der Waals surface area contributed by atoms with Crippen LogP contribution in [0, 0.1) is 36.9 Å². The number of hydrogen-bond donors (Lipinski definition) is 2. The van der Waals surface area contributed by atoms with Crippen molar-refractivity contribution in [3.63, 3.8) is 0 Å². The van der Waals surface area contributed by atoms with Gasteiger partial charge in [-0.05, 0) is 128 Å². The number of nitrogens with zero attached hydrogens (tertiary/aromatic N) is 6. The highest BCUT2D eigenvalue weighted by molar-refractivity contribution is 6.14. The van der Waals surface area contributed by atoms with E-state index >= 15 is 9.18 Å². The van der Waals surface area contributed by atoms with Gasteiger partial charge in [-0.1, -0.05) is 30.3 Å². The summed E-state index contributed by atoms with van der Waals surface area (Å²) in [5.74, 6) is -0.268. The number of nitrogens with one attached hydrogen (secondary N) is 1. The number of morpholine rings is 1. The Morgan fingerprint density at radius 1 is 0.824 bits per heavy atom. The fraction of sp³-hybridized carbons (Fsp3) is 0.390. The summed E-state index contributed by atoms with van der Waals surface area (Å²) in [5, 5.41) is 23.4. The molecule has 10 rings (SSSR count). The van der Waals surface area contributed by atoms with Crippen molar-refractivity contribution < 1.29 is 38.1 Å². The number of phenolic OH excluding ortho intramolecular Hbond substituents is 1. The number of nitriles is 1. The van der Waals surface area contributed by atoms with E-state index < -0.39 is 11.7 Å². The van der Waals surface area contributed by atoms with Crippen LogP contribution in [0.1, 0.15) is 84.9 Å². The molecule has 384 valence electrons. The second-order valence-electron chi connectivity index (χ2n) is 20.3. The van der Waals surface area contributed by atoms with Gasteiger partial charge in [-0.3, -0.25) is 19.3 Å². The van der Waals surface area contributed by atoms with E-state index in [1.807, 2.05) is 55.6 Å². The van der Waals surface area contributed by atoms with Gasteiger partial charge < -0.3 is 43.6 Å². The van der Waals surface area contributed by atoms with Crippen LogP contribution in [-0.4, -0.2) is 112 Å². The van der Waals surface area contributed by atoms with Crippen molar-refractivity contribution in [3.8, 4) is 40.0 Å². The molecule has 3 amide bonds. The lowest BCUT2D eigenvalue weighted by Gasteiger charge is -2.41. The molecule has 4 aliphatic heterocycles. The number of carbonyl (C=O) groups is 3. The zero-order chi connectivity index (χ0) is 51.6. The predicted octanol–water partition coefficient (Wildman–Crippen LogP) is 8.51. The van der Waals surface area contributed by atoms with Gasteiger partial charge in [-0.25, -0.2) is 4.39 Å². The van der Waals surface area contributed by atoms with E-state index in [4.69, 9.17) is 14.2 Å². The van der Waals surface area contributed by atoms with Crippen molar-refractivity contribution in [2.45, 2.75) is 71.5 Å². The molecule has 0 saturated carbocycles. The van der Waals surface area contributed by atoms with Crippen LogP contribution in [0.15, 0.2) is 84.9 Å². The molecule has 4 aromatic carbocycles. The number of rotatable bonds is 13. The van der Waals surface area contributed by atoms with Crippen molar-refractivity contribution >= 4 is 23.4 Å². The average Bonchev–Trinajstić information content (AvgIpc) is 3.86. The zero-order valence-electron chi connectivity index (χ0n) is 42.7. The van der Waals surface area contributed by atoms with E-state index in [1.165, 1.54) is 23.8 Å². The molecular weight excluding hydrogens is 938 g/mol. The molecule has 2 N–H and O–H groups in total. The first kappa shape index (κ1) is 50.3. The molecule has 74 heavy (non-hydrogen) atoms. The molecule has 14 nitrogen and oxygen atoms in total. The van der Waals surface area contributed by atoms with Crippen LogP contribution in [0.4, 0.5) is 10.1 Å². The van der Waals surface area contributed by atoms with E-state index in [9.17, 15) is 20.0 Å². The summed E-state index contributed by atoms with van der Waals surface area (Å²) in [6.45, 7) is 10.2. The van der Waals surface area contributed by atoms with Crippen LogP contribution < -0.4 is 10.1 Å². The number of hydrogen-bond acceptors (Lipinski definition) is 9. The lowest BCUT2D eigenvalue weighted by atomic mass is 9.87. The van der Waals surface area contributed by atoms with Crippen molar-refractivity contribution in [2.24, 2.45) is 20.0 Å². The molecule has 6 heterocycles. The van der Waals surface area contributed by atoms with Gasteiger partial charge in [0.05, 0.1) is 37.5 Å². The topological polar surface area (TPSA) is 155 Å². The van der Waals surface area contributed by atoms with Gasteiger partial charge >= 0.3 is 0 Å². The maximum atomic E-state index is 16.0. The number of benzene rings is 4. The lowest BCUT2D eigenvalue weighted by Crippen LogP contribution is -2.52. The highest BCUT2D eigenvalue weighted by Gasteiger charge is 2.37. The Morgan fingerprint density at radius 3 is 2.30 bits per heavy atom. The SMILES string of the molecule is Cc1c(-c2c(C(=O)Nc3ccc(O)cc3)c(C)n(C)c2-c2cc3c(cc2C(=O)N2Cc4ccccc4C[C@H]2CN2CCOCC2)CN(C(=O)Cc2ccc(OCCC4CCOCC4)cc2F)CC3)cc(C#N)n1C.